The minimum absolute atomic E-state index is 0.630. The van der Waals surface area contributed by atoms with Crippen molar-refractivity contribution in [2.45, 2.75) is 19.6 Å². The van der Waals surface area contributed by atoms with Crippen molar-refractivity contribution >= 4 is 110 Å². The average molecular weight is 706 g/mol. The Morgan fingerprint density at radius 2 is 1.22 bits per heavy atom. The van der Waals surface area contributed by atoms with Crippen LogP contribution in [0.1, 0.15) is 0 Å². The van der Waals surface area contributed by atoms with Gasteiger partial charge >= 0.3 is 0 Å². The summed E-state index contributed by atoms with van der Waals surface area (Å²) in [4.78, 5) is 15.9. The van der Waals surface area contributed by atoms with Crippen LogP contribution in [0, 0.1) is 0 Å². The van der Waals surface area contributed by atoms with Crippen LogP contribution in [-0.4, -0.2) is 14.5 Å². The lowest BCUT2D eigenvalue weighted by Gasteiger charge is -2.21. The Labute approximate surface area is 303 Å². The maximum absolute atomic E-state index is 6.66. The van der Waals surface area contributed by atoms with E-state index in [1.54, 1.807) is 11.8 Å². The maximum Gasteiger partial charge on any atom is 0.236 e. The lowest BCUT2D eigenvalue weighted by molar-refractivity contribution is 0.666. The first kappa shape index (κ1) is 28.1. The van der Waals surface area contributed by atoms with E-state index in [0.29, 0.717) is 11.5 Å². The molecule has 0 unspecified atom stereocenters. The molecule has 0 spiro atoms. The summed E-state index contributed by atoms with van der Waals surface area (Å²) in [5.74, 6) is 0.630. The van der Waals surface area contributed by atoms with Crippen molar-refractivity contribution in [2.75, 3.05) is 0 Å². The zero-order valence-corrected chi connectivity index (χ0v) is 29.2. The molecule has 0 amide bonds. The molecule has 0 fully saturated rings. The normalized spacial score (nSPS) is 12.9. The molecule has 1 aliphatic rings. The highest BCUT2D eigenvalue weighted by Crippen LogP contribution is 2.53. The van der Waals surface area contributed by atoms with Crippen molar-refractivity contribution in [1.29, 1.82) is 0 Å². The first-order valence-electron chi connectivity index (χ1n) is 16.8. The summed E-state index contributed by atoms with van der Waals surface area (Å²) in [6.45, 7) is 0. The van der Waals surface area contributed by atoms with Crippen LogP contribution < -0.4 is 0 Å². The van der Waals surface area contributed by atoms with Crippen molar-refractivity contribution in [3.05, 3.63) is 140 Å². The fraction of sp³-hybridized carbons (Fsp3) is 0. The van der Waals surface area contributed by atoms with E-state index in [4.69, 9.17) is 14.4 Å². The van der Waals surface area contributed by atoms with E-state index in [0.717, 1.165) is 38.8 Å². The van der Waals surface area contributed by atoms with Crippen LogP contribution in [0.25, 0.3) is 92.0 Å². The minimum Gasteiger partial charge on any atom is -0.452 e. The Morgan fingerprint density at radius 3 is 2.10 bits per heavy atom. The van der Waals surface area contributed by atoms with Crippen LogP contribution in [0.5, 0.6) is 0 Å². The molecular weight excluding hydrogens is 683 g/mol. The van der Waals surface area contributed by atoms with E-state index in [9.17, 15) is 0 Å². The van der Waals surface area contributed by atoms with Crippen LogP contribution in [0.2, 0.25) is 0 Å². The van der Waals surface area contributed by atoms with Gasteiger partial charge in [-0.15, -0.1) is 11.3 Å². The minimum atomic E-state index is 0.630. The molecule has 11 aromatic rings. The SMILES string of the molecule is c1ccc2c(c1)Sc1cccc(-c3nc(-n4c5ccccc5c5c6c7ccccc7sc6c6ccccc6c54)nc4c3oc3ccccc34)c1S2. The van der Waals surface area contributed by atoms with Crippen LogP contribution in [0.4, 0.5) is 0 Å². The predicted octanol–water partition coefficient (Wildman–Crippen LogP) is 13.3. The number of nitrogens with zero attached hydrogens (tertiary/aromatic N) is 3. The molecule has 238 valence electrons. The molecule has 0 saturated heterocycles. The monoisotopic (exact) mass is 705 g/mol. The third-order valence-corrected chi connectivity index (χ3v) is 13.9. The van der Waals surface area contributed by atoms with E-state index in [1.807, 2.05) is 35.2 Å². The molecule has 4 aromatic heterocycles. The summed E-state index contributed by atoms with van der Waals surface area (Å²) in [6.07, 6.45) is 0. The van der Waals surface area contributed by atoms with Crippen molar-refractivity contribution in [2.24, 2.45) is 0 Å². The zero-order chi connectivity index (χ0) is 33.2. The highest BCUT2D eigenvalue weighted by Gasteiger charge is 2.27. The number of thiophene rings is 1. The molecular formula is C44H23N3OS3. The molecule has 0 radical (unpaired) electrons. The summed E-state index contributed by atoms with van der Waals surface area (Å²) in [5.41, 5.74) is 6.36. The number of hydrogen-bond donors (Lipinski definition) is 0. The molecule has 12 rings (SSSR count). The van der Waals surface area contributed by atoms with Gasteiger partial charge in [-0.3, -0.25) is 4.57 Å². The molecule has 51 heavy (non-hydrogen) atoms. The lowest BCUT2D eigenvalue weighted by Crippen LogP contribution is -2.04. The first-order valence-corrected chi connectivity index (χ1v) is 19.3. The van der Waals surface area contributed by atoms with E-state index >= 15 is 0 Å². The number of hydrogen-bond acceptors (Lipinski definition) is 6. The standard InChI is InChI=1S/C44H23N3OS3/c1-2-13-25-24(12-1)40-36(37-28-16-5-8-20-32(28)50-43(25)37)26-14-3-6-18-30(26)47(40)44-45-38-27-15-4-7-19-31(27)48-41(38)39(46-44)29-17-11-23-35-42(29)51-34-22-10-9-21-33(34)49-35/h1-23H. The highest BCUT2D eigenvalue weighted by atomic mass is 32.2. The summed E-state index contributed by atoms with van der Waals surface area (Å²) < 4.78 is 11.6. The Bertz CT molecular complexity index is 3280. The first-order chi connectivity index (χ1) is 25.3. The summed E-state index contributed by atoms with van der Waals surface area (Å²) >= 11 is 5.49. The van der Waals surface area contributed by atoms with Gasteiger partial charge in [0.1, 0.15) is 16.8 Å². The maximum atomic E-state index is 6.66. The van der Waals surface area contributed by atoms with Gasteiger partial charge in [0.2, 0.25) is 5.95 Å². The topological polar surface area (TPSA) is 43.9 Å². The number of rotatable bonds is 2. The predicted molar refractivity (Wildman–Crippen MR) is 214 cm³/mol. The van der Waals surface area contributed by atoms with Gasteiger partial charge in [0, 0.05) is 72.2 Å². The zero-order valence-electron chi connectivity index (χ0n) is 26.8. The molecule has 0 aliphatic carbocycles. The fourth-order valence-corrected chi connectivity index (χ4v) is 11.6. The number of aromatic nitrogens is 3. The van der Waals surface area contributed by atoms with Crippen molar-refractivity contribution in [1.82, 2.24) is 14.5 Å². The Morgan fingerprint density at radius 1 is 0.529 bits per heavy atom. The van der Waals surface area contributed by atoms with Gasteiger partial charge in [-0.05, 0) is 42.5 Å². The smallest absolute Gasteiger partial charge is 0.236 e. The second kappa shape index (κ2) is 10.5. The number of furan rings is 1. The molecule has 0 saturated carbocycles. The molecule has 7 aromatic carbocycles. The Kier molecular flexibility index (Phi) is 5.77. The lowest BCUT2D eigenvalue weighted by atomic mass is 10.00. The third kappa shape index (κ3) is 3.88. The second-order valence-electron chi connectivity index (χ2n) is 12.9. The van der Waals surface area contributed by atoms with E-state index in [2.05, 4.69) is 132 Å². The van der Waals surface area contributed by atoms with Gasteiger partial charge in [-0.1, -0.05) is 121 Å². The van der Waals surface area contributed by atoms with E-state index in [-0.39, 0.29) is 0 Å². The van der Waals surface area contributed by atoms with E-state index < -0.39 is 0 Å². The van der Waals surface area contributed by atoms with E-state index in [1.165, 1.54) is 61.3 Å². The van der Waals surface area contributed by atoms with Crippen LogP contribution in [0.3, 0.4) is 0 Å². The Balaban J connectivity index is 1.25. The molecule has 1 aliphatic heterocycles. The van der Waals surface area contributed by atoms with Crippen molar-refractivity contribution in [3.8, 4) is 17.2 Å². The van der Waals surface area contributed by atoms with Gasteiger partial charge < -0.3 is 4.42 Å². The number of para-hydroxylation sites is 2. The molecule has 5 heterocycles. The second-order valence-corrected chi connectivity index (χ2v) is 16.0. The highest BCUT2D eigenvalue weighted by molar-refractivity contribution is 8.05. The number of fused-ring (bicyclic) bond motifs is 15. The fourth-order valence-electron chi connectivity index (χ4n) is 7.92. The van der Waals surface area contributed by atoms with Crippen LogP contribution >= 0.6 is 34.9 Å². The molecule has 7 heteroatoms. The van der Waals surface area contributed by atoms with Crippen LogP contribution in [0.15, 0.2) is 164 Å². The Hall–Kier alpha value is -5.60. The van der Waals surface area contributed by atoms with Gasteiger partial charge in [0.05, 0.1) is 11.0 Å². The summed E-state index contributed by atoms with van der Waals surface area (Å²) in [6, 6.07) is 49.7. The van der Waals surface area contributed by atoms with Crippen LogP contribution in [-0.2, 0) is 0 Å². The van der Waals surface area contributed by atoms with Gasteiger partial charge in [-0.25, -0.2) is 9.97 Å². The molecule has 0 N–H and O–H groups in total. The van der Waals surface area contributed by atoms with Gasteiger partial charge in [-0.2, -0.15) is 0 Å². The number of benzene rings is 7. The summed E-state index contributed by atoms with van der Waals surface area (Å²) in [5, 5.41) is 8.40. The molecule has 4 nitrogen and oxygen atoms in total. The largest absolute Gasteiger partial charge is 0.452 e. The van der Waals surface area contributed by atoms with Gasteiger partial charge in [0.15, 0.2) is 5.58 Å². The molecule has 0 bridgehead atoms. The van der Waals surface area contributed by atoms with Crippen molar-refractivity contribution in [3.63, 3.8) is 0 Å². The van der Waals surface area contributed by atoms with Gasteiger partial charge in [0.25, 0.3) is 0 Å². The summed E-state index contributed by atoms with van der Waals surface area (Å²) in [7, 11) is 0. The average Bonchev–Trinajstić information content (AvgIpc) is 3.87. The molecule has 0 atom stereocenters. The van der Waals surface area contributed by atoms with Crippen molar-refractivity contribution < 1.29 is 4.42 Å². The quantitative estimate of drug-likeness (QED) is 0.179. The third-order valence-electron chi connectivity index (χ3n) is 10.1.